The molecule has 1 aromatic carbocycles. The number of piperidine rings is 1. The van der Waals surface area contributed by atoms with Crippen LogP contribution in [0.2, 0.25) is 0 Å². The van der Waals surface area contributed by atoms with Crippen LogP contribution in [-0.4, -0.2) is 65.6 Å². The first-order valence-electron chi connectivity index (χ1n) is 14.3. The number of carbonyl (C=O) groups excluding carboxylic acids is 2. The molecule has 0 bridgehead atoms. The van der Waals surface area contributed by atoms with Crippen molar-refractivity contribution in [2.45, 2.75) is 58.4 Å². The van der Waals surface area contributed by atoms with Crippen LogP contribution in [0.3, 0.4) is 0 Å². The first-order chi connectivity index (χ1) is 20.0. The molecule has 0 saturated carbocycles. The molecule has 3 aromatic heterocycles. The van der Waals surface area contributed by atoms with Gasteiger partial charge in [0.1, 0.15) is 5.69 Å². The van der Waals surface area contributed by atoms with E-state index in [-0.39, 0.29) is 17.9 Å². The summed E-state index contributed by atoms with van der Waals surface area (Å²) in [5.74, 6) is 0.329. The number of anilines is 2. The molecule has 0 atom stereocenters. The van der Waals surface area contributed by atoms with Crippen LogP contribution < -0.4 is 10.6 Å². The predicted octanol–water partition coefficient (Wildman–Crippen LogP) is 3.79. The summed E-state index contributed by atoms with van der Waals surface area (Å²) in [5.41, 5.74) is 7.72. The number of para-hydroxylation sites is 1. The number of carbonyl (C=O) groups is 2. The summed E-state index contributed by atoms with van der Waals surface area (Å²) >= 11 is 0. The molecule has 1 aliphatic carbocycles. The third-order valence-corrected chi connectivity index (χ3v) is 8.17. The number of aromatic amines is 1. The normalized spacial score (nSPS) is 14.9. The number of likely N-dealkylation sites (tertiary alicyclic amines) is 1. The third-order valence-electron chi connectivity index (χ3n) is 8.17. The number of fused-ring (bicyclic) bond motifs is 3. The monoisotopic (exact) mass is 553 g/mol. The average molecular weight is 554 g/mol. The maximum Gasteiger partial charge on any atom is 0.276 e. The van der Waals surface area contributed by atoms with Gasteiger partial charge >= 0.3 is 0 Å². The molecule has 4 heterocycles. The highest BCUT2D eigenvalue weighted by molar-refractivity contribution is 6.06. The average Bonchev–Trinajstić information content (AvgIpc) is 3.66. The molecule has 2 aliphatic rings. The molecule has 2 amide bonds. The van der Waals surface area contributed by atoms with E-state index in [4.69, 9.17) is 4.98 Å². The lowest BCUT2D eigenvalue weighted by atomic mass is 9.93. The van der Waals surface area contributed by atoms with E-state index in [1.807, 2.05) is 24.2 Å². The standard InChI is InChI=1S/C30H35N9O2/c1-4-18-7-6-8-19(5-2)24(18)35-28(40)26-22-10-9-20-15-32-30(36-25(20)27(22)38(3)37-26)34-21-11-13-39(14-12-21)29(41)23-16-31-17-33-23/h6-8,15-17,21H,4-5,9-14H2,1-3H3,(H,31,33)(H,35,40)(H,32,34,36). The summed E-state index contributed by atoms with van der Waals surface area (Å²) in [6.07, 6.45) is 9.66. The number of nitrogens with one attached hydrogen (secondary N) is 3. The fraction of sp³-hybridized carbons (Fsp3) is 0.400. The van der Waals surface area contributed by atoms with E-state index in [0.29, 0.717) is 36.8 Å². The Morgan fingerprint density at radius 2 is 1.83 bits per heavy atom. The van der Waals surface area contributed by atoms with Gasteiger partial charge < -0.3 is 20.5 Å². The number of rotatable bonds is 7. The molecule has 1 saturated heterocycles. The van der Waals surface area contributed by atoms with Gasteiger partial charge in [-0.3, -0.25) is 14.3 Å². The first kappa shape index (κ1) is 26.7. The molecule has 0 unspecified atom stereocenters. The maximum absolute atomic E-state index is 13.6. The van der Waals surface area contributed by atoms with Gasteiger partial charge in [-0.1, -0.05) is 32.0 Å². The molecule has 6 rings (SSSR count). The fourth-order valence-electron chi connectivity index (χ4n) is 5.94. The minimum atomic E-state index is -0.190. The molecule has 4 aromatic rings. The van der Waals surface area contributed by atoms with Crippen LogP contribution in [-0.2, 0) is 32.7 Å². The smallest absolute Gasteiger partial charge is 0.276 e. The van der Waals surface area contributed by atoms with Crippen molar-refractivity contribution < 1.29 is 9.59 Å². The lowest BCUT2D eigenvalue weighted by Crippen LogP contribution is -2.42. The number of hydrogen-bond acceptors (Lipinski definition) is 7. The maximum atomic E-state index is 13.6. The molecular formula is C30H35N9O2. The molecule has 41 heavy (non-hydrogen) atoms. The van der Waals surface area contributed by atoms with Crippen LogP contribution in [0.25, 0.3) is 11.4 Å². The molecule has 3 N–H and O–H groups in total. The van der Waals surface area contributed by atoms with E-state index in [1.54, 1.807) is 10.9 Å². The second-order valence-corrected chi connectivity index (χ2v) is 10.7. The summed E-state index contributed by atoms with van der Waals surface area (Å²) in [6.45, 7) is 5.48. The second kappa shape index (κ2) is 11.1. The van der Waals surface area contributed by atoms with Gasteiger partial charge in [0, 0.05) is 43.6 Å². The molecule has 11 nitrogen and oxygen atoms in total. The Kier molecular flexibility index (Phi) is 7.25. The van der Waals surface area contributed by atoms with Crippen molar-refractivity contribution in [1.29, 1.82) is 0 Å². The first-order valence-corrected chi connectivity index (χ1v) is 14.3. The Labute approximate surface area is 238 Å². The van der Waals surface area contributed by atoms with Crippen molar-refractivity contribution in [3.8, 4) is 11.4 Å². The lowest BCUT2D eigenvalue weighted by molar-refractivity contribution is 0.0713. The number of amides is 2. The van der Waals surface area contributed by atoms with Gasteiger partial charge in [0.05, 0.1) is 23.9 Å². The summed E-state index contributed by atoms with van der Waals surface area (Å²) in [5, 5.41) is 11.3. The van der Waals surface area contributed by atoms with E-state index >= 15 is 0 Å². The molecular weight excluding hydrogens is 518 g/mol. The molecule has 0 radical (unpaired) electrons. The van der Waals surface area contributed by atoms with Gasteiger partial charge in [0.25, 0.3) is 11.8 Å². The number of nitrogens with zero attached hydrogens (tertiary/aromatic N) is 6. The SMILES string of the molecule is CCc1cccc(CC)c1NC(=O)c1nn(C)c2c1CCc1cnc(NC3CCN(C(=O)c4cnc[nH]4)CC3)nc1-2. The third kappa shape index (κ3) is 5.07. The van der Waals surface area contributed by atoms with Crippen LogP contribution in [0.5, 0.6) is 0 Å². The number of imidazole rings is 1. The molecule has 0 spiro atoms. The van der Waals surface area contributed by atoms with E-state index in [2.05, 4.69) is 56.7 Å². The van der Waals surface area contributed by atoms with Crippen molar-refractivity contribution in [1.82, 2.24) is 34.6 Å². The Morgan fingerprint density at radius 1 is 1.07 bits per heavy atom. The van der Waals surface area contributed by atoms with Gasteiger partial charge in [-0.15, -0.1) is 0 Å². The van der Waals surface area contributed by atoms with Crippen molar-refractivity contribution in [3.05, 3.63) is 70.6 Å². The van der Waals surface area contributed by atoms with Gasteiger partial charge in [-0.2, -0.15) is 5.10 Å². The van der Waals surface area contributed by atoms with Crippen LogP contribution in [0.15, 0.2) is 36.9 Å². The zero-order chi connectivity index (χ0) is 28.5. The highest BCUT2D eigenvalue weighted by Gasteiger charge is 2.30. The molecule has 212 valence electrons. The van der Waals surface area contributed by atoms with Crippen molar-refractivity contribution in [2.24, 2.45) is 7.05 Å². The largest absolute Gasteiger partial charge is 0.351 e. The zero-order valence-electron chi connectivity index (χ0n) is 23.7. The molecule has 11 heteroatoms. The van der Waals surface area contributed by atoms with E-state index in [9.17, 15) is 9.59 Å². The van der Waals surface area contributed by atoms with Crippen molar-refractivity contribution in [2.75, 3.05) is 23.7 Å². The Hall–Kier alpha value is -4.54. The van der Waals surface area contributed by atoms with Crippen LogP contribution in [0.1, 0.15) is 69.9 Å². The topological polar surface area (TPSA) is 134 Å². The number of H-pyrrole nitrogens is 1. The highest BCUT2D eigenvalue weighted by atomic mass is 16.2. The number of benzene rings is 1. The summed E-state index contributed by atoms with van der Waals surface area (Å²) in [4.78, 5) is 44.4. The van der Waals surface area contributed by atoms with E-state index in [1.165, 1.54) is 6.33 Å². The molecule has 1 aliphatic heterocycles. The number of aryl methyl sites for hydroxylation is 4. The van der Waals surface area contributed by atoms with E-state index < -0.39 is 0 Å². The number of hydrogen-bond donors (Lipinski definition) is 3. The molecule has 1 fully saturated rings. The van der Waals surface area contributed by atoms with Gasteiger partial charge in [-0.25, -0.2) is 15.0 Å². The predicted molar refractivity (Wildman–Crippen MR) is 156 cm³/mol. The fourth-order valence-corrected chi connectivity index (χ4v) is 5.94. The lowest BCUT2D eigenvalue weighted by Gasteiger charge is -2.32. The minimum absolute atomic E-state index is 0.0290. The summed E-state index contributed by atoms with van der Waals surface area (Å²) in [7, 11) is 1.86. The Morgan fingerprint density at radius 3 is 2.51 bits per heavy atom. The zero-order valence-corrected chi connectivity index (χ0v) is 23.7. The van der Waals surface area contributed by atoms with Crippen molar-refractivity contribution in [3.63, 3.8) is 0 Å². The van der Waals surface area contributed by atoms with Gasteiger partial charge in [0.15, 0.2) is 5.69 Å². The number of aromatic nitrogens is 6. The second-order valence-electron chi connectivity index (χ2n) is 10.7. The van der Waals surface area contributed by atoms with Crippen LogP contribution in [0.4, 0.5) is 11.6 Å². The quantitative estimate of drug-likeness (QED) is 0.317. The summed E-state index contributed by atoms with van der Waals surface area (Å²) in [6, 6.07) is 6.32. The van der Waals surface area contributed by atoms with E-state index in [0.717, 1.165) is 71.4 Å². The summed E-state index contributed by atoms with van der Waals surface area (Å²) < 4.78 is 1.77. The highest BCUT2D eigenvalue weighted by Crippen LogP contribution is 2.35. The van der Waals surface area contributed by atoms with Crippen LogP contribution >= 0.6 is 0 Å². The van der Waals surface area contributed by atoms with Gasteiger partial charge in [0.2, 0.25) is 5.95 Å². The Bertz CT molecular complexity index is 1560. The van der Waals surface area contributed by atoms with Crippen LogP contribution in [0, 0.1) is 0 Å². The van der Waals surface area contributed by atoms with Gasteiger partial charge in [-0.05, 0) is 55.2 Å². The van der Waals surface area contributed by atoms with Crippen molar-refractivity contribution >= 4 is 23.5 Å². The minimum Gasteiger partial charge on any atom is -0.351 e. The Balaban J connectivity index is 1.19.